The summed E-state index contributed by atoms with van der Waals surface area (Å²) < 4.78 is 20.5. The van der Waals surface area contributed by atoms with Gasteiger partial charge in [-0.3, -0.25) is 0 Å². The van der Waals surface area contributed by atoms with E-state index in [1.807, 2.05) is 0 Å². The minimum absolute atomic E-state index is 0.00235. The molecule has 16 nitrogen and oxygen atoms in total. The number of aldehydes is 1. The van der Waals surface area contributed by atoms with E-state index in [-0.39, 0.29) is 6.29 Å². The quantitative estimate of drug-likeness (QED) is 0.117. The van der Waals surface area contributed by atoms with Crippen LogP contribution in [0.15, 0.2) is 0 Å². The lowest BCUT2D eigenvalue weighted by atomic mass is 9.98. The van der Waals surface area contributed by atoms with Crippen molar-refractivity contribution in [3.8, 4) is 0 Å². The van der Waals surface area contributed by atoms with Crippen molar-refractivity contribution in [2.75, 3.05) is 19.8 Å². The lowest BCUT2D eigenvalue weighted by Crippen LogP contribution is -2.62. The zero-order valence-electron chi connectivity index (χ0n) is 17.7. The van der Waals surface area contributed by atoms with Gasteiger partial charge in [0.25, 0.3) is 0 Å². The highest BCUT2D eigenvalue weighted by molar-refractivity contribution is 5.57. The molecule has 2 saturated heterocycles. The summed E-state index contributed by atoms with van der Waals surface area (Å²) in [5.41, 5.74) is 0. The molecule has 0 unspecified atom stereocenters. The fourth-order valence-corrected chi connectivity index (χ4v) is 3.53. The Labute approximate surface area is 192 Å². The van der Waals surface area contributed by atoms with E-state index >= 15 is 0 Å². The van der Waals surface area contributed by atoms with E-state index in [0.717, 1.165) is 0 Å². The second kappa shape index (κ2) is 12.9. The minimum Gasteiger partial charge on any atom is -0.394 e. The Morgan fingerprint density at radius 3 is 1.50 bits per heavy atom. The van der Waals surface area contributed by atoms with E-state index in [1.54, 1.807) is 0 Å². The molecule has 0 bridgehead atoms. The van der Waals surface area contributed by atoms with Gasteiger partial charge in [0, 0.05) is 0 Å². The molecule has 0 aromatic rings. The second-order valence-electron chi connectivity index (χ2n) is 7.97. The maximum atomic E-state index is 11.5. The topological polar surface area (TPSA) is 277 Å². The van der Waals surface area contributed by atoms with Gasteiger partial charge in [-0.1, -0.05) is 0 Å². The van der Waals surface area contributed by atoms with Crippen molar-refractivity contribution in [2.45, 2.75) is 85.8 Å². The molecule has 34 heavy (non-hydrogen) atoms. The summed E-state index contributed by atoms with van der Waals surface area (Å²) >= 11 is 0. The van der Waals surface area contributed by atoms with Crippen LogP contribution in [0.5, 0.6) is 0 Å². The first kappa shape index (κ1) is 29.3. The van der Waals surface area contributed by atoms with Crippen molar-refractivity contribution < 1.29 is 79.9 Å². The third kappa shape index (κ3) is 6.25. The van der Waals surface area contributed by atoms with Crippen LogP contribution < -0.4 is 0 Å². The number of carbonyl (C=O) groups excluding carboxylic acids is 1. The Bertz CT molecular complexity index is 621. The molecular weight excluding hydrogens is 472 g/mol. The lowest BCUT2D eigenvalue weighted by molar-refractivity contribution is -0.328. The molecule has 14 atom stereocenters. The molecule has 2 aliphatic rings. The average Bonchev–Trinajstić information content (AvgIpc) is 2.84. The summed E-state index contributed by atoms with van der Waals surface area (Å²) in [6.07, 6.45) is -25.2. The maximum absolute atomic E-state index is 11.5. The maximum Gasteiger partial charge on any atom is 0.187 e. The first-order chi connectivity index (χ1) is 16.0. The molecule has 0 amide bonds. The molecule has 2 aliphatic heterocycles. The standard InChI is InChI=1S/C18H32O16/c19-1-5(31-17-15(29)13(27)11(25)7(3-21)33-17)9(23)10(24)6(2-20)32-18-16(30)14(28)12(26)8(4-22)34-18/h1,5-18,20-30H,2-4H2/t5-,6+,7+,8+,9+,10+,11+,12+,13-,14-,15+,16+,17-,18-/m0/s1. The van der Waals surface area contributed by atoms with Gasteiger partial charge in [0.1, 0.15) is 73.2 Å². The summed E-state index contributed by atoms with van der Waals surface area (Å²) in [6.45, 7) is -2.58. The smallest absolute Gasteiger partial charge is 0.187 e. The molecule has 0 saturated carbocycles. The van der Waals surface area contributed by atoms with Crippen LogP contribution in [0.2, 0.25) is 0 Å². The summed E-state index contributed by atoms with van der Waals surface area (Å²) in [6, 6.07) is 0. The summed E-state index contributed by atoms with van der Waals surface area (Å²) in [4.78, 5) is 11.5. The molecule has 0 aromatic heterocycles. The number of hydrogen-bond acceptors (Lipinski definition) is 16. The Morgan fingerprint density at radius 1 is 0.676 bits per heavy atom. The zero-order chi connectivity index (χ0) is 25.7. The molecule has 0 aromatic carbocycles. The minimum atomic E-state index is -2.16. The van der Waals surface area contributed by atoms with Crippen LogP contribution in [-0.2, 0) is 23.7 Å². The third-order valence-electron chi connectivity index (χ3n) is 5.68. The number of carbonyl (C=O) groups is 1. The van der Waals surface area contributed by atoms with Crippen molar-refractivity contribution in [1.29, 1.82) is 0 Å². The van der Waals surface area contributed by atoms with E-state index in [4.69, 9.17) is 18.9 Å². The Balaban J connectivity index is 2.08. The average molecular weight is 504 g/mol. The van der Waals surface area contributed by atoms with Gasteiger partial charge in [0.2, 0.25) is 0 Å². The zero-order valence-corrected chi connectivity index (χ0v) is 17.7. The van der Waals surface area contributed by atoms with Gasteiger partial charge >= 0.3 is 0 Å². The molecule has 0 spiro atoms. The SMILES string of the molecule is O=C[C@H](O[C@H]1O[C@H](CO)[C@@H](O)[C@H](O)[C@H]1O)[C@@H](O)[C@H](O)[C@@H](CO)O[C@H]1O[C@H](CO)[C@@H](O)[C@H](O)[C@H]1O. The number of hydrogen-bond donors (Lipinski definition) is 11. The molecule has 200 valence electrons. The highest BCUT2D eigenvalue weighted by Gasteiger charge is 2.48. The predicted molar refractivity (Wildman–Crippen MR) is 102 cm³/mol. The fourth-order valence-electron chi connectivity index (χ4n) is 3.53. The summed E-state index contributed by atoms with van der Waals surface area (Å²) in [5.74, 6) is 0. The highest BCUT2D eigenvalue weighted by Crippen LogP contribution is 2.26. The molecular formula is C18H32O16. The molecule has 2 fully saturated rings. The van der Waals surface area contributed by atoms with Crippen LogP contribution in [0.25, 0.3) is 0 Å². The largest absolute Gasteiger partial charge is 0.394 e. The fraction of sp³-hybridized carbons (Fsp3) is 0.944. The molecule has 11 N–H and O–H groups in total. The van der Waals surface area contributed by atoms with Crippen molar-refractivity contribution >= 4 is 6.29 Å². The van der Waals surface area contributed by atoms with Crippen LogP contribution in [0.1, 0.15) is 0 Å². The molecule has 0 aliphatic carbocycles. The lowest BCUT2D eigenvalue weighted by Gasteiger charge is -2.42. The number of ether oxygens (including phenoxy) is 4. The van der Waals surface area contributed by atoms with Gasteiger partial charge < -0.3 is 79.9 Å². The highest BCUT2D eigenvalue weighted by atomic mass is 16.7. The normalized spacial score (nSPS) is 42.6. The van der Waals surface area contributed by atoms with Crippen LogP contribution >= 0.6 is 0 Å². The van der Waals surface area contributed by atoms with Gasteiger partial charge in [-0.15, -0.1) is 0 Å². The van der Waals surface area contributed by atoms with Crippen LogP contribution in [-0.4, -0.2) is 168 Å². The molecule has 0 radical (unpaired) electrons. The monoisotopic (exact) mass is 504 g/mol. The van der Waals surface area contributed by atoms with E-state index in [9.17, 15) is 61.0 Å². The van der Waals surface area contributed by atoms with Crippen molar-refractivity contribution in [3.05, 3.63) is 0 Å². The Morgan fingerprint density at radius 2 is 1.12 bits per heavy atom. The Hall–Kier alpha value is -0.930. The van der Waals surface area contributed by atoms with Crippen LogP contribution in [0, 0.1) is 0 Å². The van der Waals surface area contributed by atoms with Gasteiger partial charge in [-0.2, -0.15) is 0 Å². The number of rotatable bonds is 11. The summed E-state index contributed by atoms with van der Waals surface area (Å²) in [7, 11) is 0. The number of aliphatic hydroxyl groups excluding tert-OH is 11. The first-order valence-corrected chi connectivity index (χ1v) is 10.4. The van der Waals surface area contributed by atoms with Crippen LogP contribution in [0.4, 0.5) is 0 Å². The Kier molecular flexibility index (Phi) is 11.1. The van der Waals surface area contributed by atoms with E-state index < -0.39 is 106 Å². The van der Waals surface area contributed by atoms with Gasteiger partial charge in [-0.25, -0.2) is 0 Å². The van der Waals surface area contributed by atoms with Gasteiger partial charge in [-0.05, 0) is 0 Å². The van der Waals surface area contributed by atoms with E-state index in [2.05, 4.69) is 0 Å². The second-order valence-corrected chi connectivity index (χ2v) is 7.97. The molecule has 16 heteroatoms. The third-order valence-corrected chi connectivity index (χ3v) is 5.68. The predicted octanol–water partition coefficient (Wildman–Crippen LogP) is -7.73. The first-order valence-electron chi connectivity index (χ1n) is 10.4. The summed E-state index contributed by atoms with van der Waals surface area (Å²) in [5, 5.41) is 108. The van der Waals surface area contributed by atoms with Crippen LogP contribution in [0.3, 0.4) is 0 Å². The molecule has 2 rings (SSSR count). The van der Waals surface area contributed by atoms with Crippen molar-refractivity contribution in [2.24, 2.45) is 0 Å². The molecule has 2 heterocycles. The van der Waals surface area contributed by atoms with Gasteiger partial charge in [0.05, 0.1) is 19.8 Å². The number of aliphatic hydroxyl groups is 11. The van der Waals surface area contributed by atoms with Crippen molar-refractivity contribution in [3.63, 3.8) is 0 Å². The van der Waals surface area contributed by atoms with E-state index in [0.29, 0.717) is 0 Å². The van der Waals surface area contributed by atoms with Gasteiger partial charge in [0.15, 0.2) is 18.9 Å². The van der Waals surface area contributed by atoms with E-state index in [1.165, 1.54) is 0 Å². The van der Waals surface area contributed by atoms with Crippen molar-refractivity contribution in [1.82, 2.24) is 0 Å².